The van der Waals surface area contributed by atoms with Gasteiger partial charge in [-0.15, -0.1) is 23.1 Å². The Balaban J connectivity index is 1.87. The van der Waals surface area contributed by atoms with Gasteiger partial charge in [-0.05, 0) is 13.3 Å². The molecule has 6 heteroatoms. The second kappa shape index (κ2) is 5.16. The number of aromatic carboxylic acids is 1. The van der Waals surface area contributed by atoms with Crippen molar-refractivity contribution in [2.45, 2.75) is 30.5 Å². The Bertz CT molecular complexity index is 380. The Hall–Kier alpha value is -0.590. The van der Waals surface area contributed by atoms with Gasteiger partial charge in [0.05, 0.1) is 11.8 Å². The summed E-state index contributed by atoms with van der Waals surface area (Å²) in [7, 11) is 0. The average molecular weight is 259 g/mol. The molecule has 2 atom stereocenters. The van der Waals surface area contributed by atoms with Gasteiger partial charge in [-0.2, -0.15) is 0 Å². The number of nitrogens with zero attached hydrogens (tertiary/aromatic N) is 1. The van der Waals surface area contributed by atoms with Gasteiger partial charge in [0, 0.05) is 23.0 Å². The summed E-state index contributed by atoms with van der Waals surface area (Å²) < 4.78 is 5.46. The van der Waals surface area contributed by atoms with Crippen LogP contribution in [0, 0.1) is 0 Å². The molecule has 4 nitrogen and oxygen atoms in total. The van der Waals surface area contributed by atoms with Crippen molar-refractivity contribution >= 4 is 29.1 Å². The molecule has 0 amide bonds. The molecule has 2 heterocycles. The molecule has 0 spiro atoms. The number of ether oxygens (including phenoxy) is 1. The first kappa shape index (κ1) is 11.9. The minimum Gasteiger partial charge on any atom is -0.476 e. The Morgan fingerprint density at radius 2 is 2.62 bits per heavy atom. The van der Waals surface area contributed by atoms with Crippen LogP contribution >= 0.6 is 23.1 Å². The maximum absolute atomic E-state index is 10.6. The summed E-state index contributed by atoms with van der Waals surface area (Å²) >= 11 is 2.98. The lowest BCUT2D eigenvalue weighted by Gasteiger charge is -2.12. The number of carboxylic acid groups (broad SMARTS) is 1. The molecule has 1 saturated heterocycles. The highest BCUT2D eigenvalue weighted by Crippen LogP contribution is 2.29. The standard InChI is InChI=1S/C10H13NO3S2/c1-6-8(2-3-14-6)15-4-7-5-16-9(11-7)10(12)13/h5-6,8H,2-4H2,1H3,(H,12,13). The van der Waals surface area contributed by atoms with Crippen LogP contribution in [0.3, 0.4) is 0 Å². The minimum absolute atomic E-state index is 0.173. The number of hydrogen-bond donors (Lipinski definition) is 1. The van der Waals surface area contributed by atoms with Crippen LogP contribution in [0.5, 0.6) is 0 Å². The van der Waals surface area contributed by atoms with E-state index in [1.807, 2.05) is 5.38 Å². The summed E-state index contributed by atoms with van der Waals surface area (Å²) in [6.45, 7) is 2.91. The number of thioether (sulfide) groups is 1. The molecular weight excluding hydrogens is 246 g/mol. The predicted molar refractivity (Wildman–Crippen MR) is 64.2 cm³/mol. The van der Waals surface area contributed by atoms with E-state index in [1.54, 1.807) is 11.8 Å². The number of carbonyl (C=O) groups is 1. The van der Waals surface area contributed by atoms with Gasteiger partial charge in [0.25, 0.3) is 0 Å². The van der Waals surface area contributed by atoms with Gasteiger partial charge in [-0.1, -0.05) is 0 Å². The van der Waals surface area contributed by atoms with Gasteiger partial charge >= 0.3 is 5.97 Å². The fourth-order valence-electron chi connectivity index (χ4n) is 1.59. The molecule has 16 heavy (non-hydrogen) atoms. The molecule has 1 aliphatic rings. The Kier molecular flexibility index (Phi) is 3.83. The SMILES string of the molecule is CC1OCCC1SCc1csc(C(=O)O)n1. The molecule has 1 aromatic heterocycles. The third-order valence-electron chi connectivity index (χ3n) is 2.49. The highest BCUT2D eigenvalue weighted by Gasteiger charge is 2.24. The van der Waals surface area contributed by atoms with Gasteiger partial charge in [0.2, 0.25) is 5.01 Å². The summed E-state index contributed by atoms with van der Waals surface area (Å²) in [5.74, 6) is -0.180. The van der Waals surface area contributed by atoms with E-state index in [9.17, 15) is 4.79 Å². The molecule has 2 unspecified atom stereocenters. The van der Waals surface area contributed by atoms with Crippen molar-refractivity contribution in [1.82, 2.24) is 4.98 Å². The summed E-state index contributed by atoms with van der Waals surface area (Å²) in [5.41, 5.74) is 0.853. The number of thiazole rings is 1. The Labute approximate surface area is 102 Å². The zero-order valence-electron chi connectivity index (χ0n) is 8.88. The van der Waals surface area contributed by atoms with Crippen LogP contribution < -0.4 is 0 Å². The van der Waals surface area contributed by atoms with Gasteiger partial charge in [-0.3, -0.25) is 0 Å². The zero-order valence-corrected chi connectivity index (χ0v) is 10.5. The van der Waals surface area contributed by atoms with Crippen molar-refractivity contribution < 1.29 is 14.6 Å². The minimum atomic E-state index is -0.946. The van der Waals surface area contributed by atoms with Gasteiger partial charge in [0.1, 0.15) is 0 Å². The monoisotopic (exact) mass is 259 g/mol. The Morgan fingerprint density at radius 1 is 1.81 bits per heavy atom. The first-order valence-corrected chi connectivity index (χ1v) is 7.00. The first-order valence-electron chi connectivity index (χ1n) is 5.07. The second-order valence-electron chi connectivity index (χ2n) is 3.66. The maximum atomic E-state index is 10.6. The molecule has 1 N–H and O–H groups in total. The predicted octanol–water partition coefficient (Wildman–Crippen LogP) is 2.25. The molecule has 1 fully saturated rings. The van der Waals surface area contributed by atoms with Crippen LogP contribution in [0.1, 0.15) is 28.8 Å². The van der Waals surface area contributed by atoms with Crippen molar-refractivity contribution in [3.8, 4) is 0 Å². The molecule has 0 radical (unpaired) electrons. The van der Waals surface area contributed by atoms with Crippen LogP contribution in [0.4, 0.5) is 0 Å². The lowest BCUT2D eigenvalue weighted by Crippen LogP contribution is -2.13. The van der Waals surface area contributed by atoms with E-state index in [0.717, 1.165) is 24.5 Å². The normalized spacial score (nSPS) is 24.8. The lowest BCUT2D eigenvalue weighted by atomic mass is 10.3. The zero-order chi connectivity index (χ0) is 11.5. The summed E-state index contributed by atoms with van der Waals surface area (Å²) in [5, 5.41) is 11.2. The van der Waals surface area contributed by atoms with Crippen molar-refractivity contribution in [1.29, 1.82) is 0 Å². The van der Waals surface area contributed by atoms with Gasteiger partial charge in [0.15, 0.2) is 0 Å². The van der Waals surface area contributed by atoms with Crippen LogP contribution in [-0.4, -0.2) is 34.0 Å². The number of aromatic nitrogens is 1. The maximum Gasteiger partial charge on any atom is 0.365 e. The molecule has 0 saturated carbocycles. The molecule has 0 aliphatic carbocycles. The van der Waals surface area contributed by atoms with E-state index in [4.69, 9.17) is 9.84 Å². The number of hydrogen-bond acceptors (Lipinski definition) is 5. The number of rotatable bonds is 4. The van der Waals surface area contributed by atoms with Crippen LogP contribution in [-0.2, 0) is 10.5 Å². The topological polar surface area (TPSA) is 59.4 Å². The molecular formula is C10H13NO3S2. The van der Waals surface area contributed by atoms with Gasteiger partial charge < -0.3 is 9.84 Å². The quantitative estimate of drug-likeness (QED) is 0.898. The highest BCUT2D eigenvalue weighted by molar-refractivity contribution is 7.99. The highest BCUT2D eigenvalue weighted by atomic mass is 32.2. The van der Waals surface area contributed by atoms with Crippen LogP contribution in [0.2, 0.25) is 0 Å². The molecule has 1 aliphatic heterocycles. The fourth-order valence-corrected chi connectivity index (χ4v) is 3.50. The van der Waals surface area contributed by atoms with E-state index in [0.29, 0.717) is 11.4 Å². The van der Waals surface area contributed by atoms with E-state index in [1.165, 1.54) is 11.3 Å². The van der Waals surface area contributed by atoms with Crippen LogP contribution in [0.25, 0.3) is 0 Å². The number of carboxylic acids is 1. The lowest BCUT2D eigenvalue weighted by molar-refractivity contribution is 0.0696. The molecule has 1 aromatic rings. The first-order chi connectivity index (χ1) is 7.66. The second-order valence-corrected chi connectivity index (χ2v) is 5.75. The summed E-state index contributed by atoms with van der Waals surface area (Å²) in [6, 6.07) is 0. The molecule has 0 bridgehead atoms. The molecule has 2 rings (SSSR count). The fraction of sp³-hybridized carbons (Fsp3) is 0.600. The molecule has 0 aromatic carbocycles. The summed E-state index contributed by atoms with van der Waals surface area (Å²) in [6.07, 6.45) is 1.37. The van der Waals surface area contributed by atoms with Gasteiger partial charge in [-0.25, -0.2) is 9.78 Å². The van der Waals surface area contributed by atoms with Crippen molar-refractivity contribution in [2.75, 3.05) is 6.61 Å². The largest absolute Gasteiger partial charge is 0.476 e. The molecule has 88 valence electrons. The van der Waals surface area contributed by atoms with E-state index in [-0.39, 0.29) is 5.01 Å². The summed E-state index contributed by atoms with van der Waals surface area (Å²) in [4.78, 5) is 14.7. The van der Waals surface area contributed by atoms with E-state index < -0.39 is 5.97 Å². The van der Waals surface area contributed by atoms with E-state index in [2.05, 4.69) is 11.9 Å². The van der Waals surface area contributed by atoms with E-state index >= 15 is 0 Å². The average Bonchev–Trinajstić information content (AvgIpc) is 2.83. The Morgan fingerprint density at radius 3 is 3.19 bits per heavy atom. The van der Waals surface area contributed by atoms with Crippen LogP contribution in [0.15, 0.2) is 5.38 Å². The van der Waals surface area contributed by atoms with Crippen molar-refractivity contribution in [2.24, 2.45) is 0 Å². The van der Waals surface area contributed by atoms with Crippen molar-refractivity contribution in [3.05, 3.63) is 16.1 Å². The van der Waals surface area contributed by atoms with Crippen molar-refractivity contribution in [3.63, 3.8) is 0 Å². The third-order valence-corrected chi connectivity index (χ3v) is 4.88. The third kappa shape index (κ3) is 2.75. The smallest absolute Gasteiger partial charge is 0.365 e.